The van der Waals surface area contributed by atoms with Crippen LogP contribution in [-0.2, 0) is 6.54 Å². The van der Waals surface area contributed by atoms with Crippen molar-refractivity contribution in [2.75, 3.05) is 13.1 Å². The van der Waals surface area contributed by atoms with Gasteiger partial charge >= 0.3 is 0 Å². The van der Waals surface area contributed by atoms with E-state index in [0.717, 1.165) is 31.5 Å². The molecule has 1 aromatic carbocycles. The average molecular weight is 363 g/mol. The maximum absolute atomic E-state index is 12.9. The number of nitrogens with zero attached hydrogens (tertiary/aromatic N) is 5. The van der Waals surface area contributed by atoms with E-state index in [0.29, 0.717) is 18.0 Å². The van der Waals surface area contributed by atoms with Gasteiger partial charge in [0.05, 0.1) is 12.9 Å². The molecule has 4 rings (SSSR count). The van der Waals surface area contributed by atoms with Crippen LogP contribution in [0.4, 0.5) is 0 Å². The smallest absolute Gasteiger partial charge is 0.253 e. The van der Waals surface area contributed by atoms with E-state index in [1.165, 1.54) is 6.33 Å². The molecule has 1 fully saturated rings. The molecule has 27 heavy (non-hydrogen) atoms. The summed E-state index contributed by atoms with van der Waals surface area (Å²) in [5.74, 6) is 0.591. The molecule has 0 aliphatic carbocycles. The summed E-state index contributed by atoms with van der Waals surface area (Å²) in [6.07, 6.45) is 10.4. The normalized spacial score (nSPS) is 16.9. The van der Waals surface area contributed by atoms with Crippen LogP contribution in [-0.4, -0.2) is 49.5 Å². The van der Waals surface area contributed by atoms with Crippen molar-refractivity contribution in [3.05, 3.63) is 72.7 Å². The third kappa shape index (κ3) is 4.31. The zero-order chi connectivity index (χ0) is 18.5. The van der Waals surface area contributed by atoms with Crippen molar-refractivity contribution in [1.82, 2.24) is 24.4 Å². The summed E-state index contributed by atoms with van der Waals surface area (Å²) in [6, 6.07) is 9.50. The van der Waals surface area contributed by atoms with Crippen LogP contribution in [0.5, 0.6) is 5.88 Å². The largest absolute Gasteiger partial charge is 0.472 e. The minimum Gasteiger partial charge on any atom is -0.472 e. The first-order valence-corrected chi connectivity index (χ1v) is 9.04. The van der Waals surface area contributed by atoms with E-state index in [-0.39, 0.29) is 12.0 Å². The SMILES string of the molecule is O=C(c1ccc(Cn2ccnc2)cc1)N1CCCC(Oc2ccncn2)C1. The number of hydrogen-bond acceptors (Lipinski definition) is 5. The van der Waals surface area contributed by atoms with Crippen LogP contribution in [0, 0.1) is 0 Å². The number of likely N-dealkylation sites (tertiary alicyclic amines) is 1. The van der Waals surface area contributed by atoms with Gasteiger partial charge in [-0.3, -0.25) is 4.79 Å². The fourth-order valence-corrected chi connectivity index (χ4v) is 3.26. The number of imidazole rings is 1. The van der Waals surface area contributed by atoms with Gasteiger partial charge in [-0.2, -0.15) is 0 Å². The van der Waals surface area contributed by atoms with Gasteiger partial charge in [0.1, 0.15) is 12.4 Å². The van der Waals surface area contributed by atoms with Crippen LogP contribution in [0.3, 0.4) is 0 Å². The molecule has 3 aromatic rings. The Hall–Kier alpha value is -3.22. The minimum atomic E-state index is -0.0434. The van der Waals surface area contributed by atoms with Crippen molar-refractivity contribution in [1.29, 1.82) is 0 Å². The molecule has 0 bridgehead atoms. The molecule has 7 nitrogen and oxygen atoms in total. The molecule has 138 valence electrons. The first-order valence-electron chi connectivity index (χ1n) is 9.04. The molecule has 0 spiro atoms. The number of rotatable bonds is 5. The minimum absolute atomic E-state index is 0.0418. The van der Waals surface area contributed by atoms with Crippen molar-refractivity contribution in [3.63, 3.8) is 0 Å². The summed E-state index contributed by atoms with van der Waals surface area (Å²) in [6.45, 7) is 2.06. The lowest BCUT2D eigenvalue weighted by molar-refractivity contribution is 0.0527. The van der Waals surface area contributed by atoms with Gasteiger partial charge in [0.2, 0.25) is 5.88 Å². The number of aromatic nitrogens is 4. The first kappa shape index (κ1) is 17.2. The Morgan fingerprint density at radius 2 is 2.04 bits per heavy atom. The van der Waals surface area contributed by atoms with Gasteiger partial charge in [-0.25, -0.2) is 15.0 Å². The third-order valence-corrected chi connectivity index (χ3v) is 4.63. The van der Waals surface area contributed by atoms with Crippen molar-refractivity contribution in [2.24, 2.45) is 0 Å². The summed E-state index contributed by atoms with van der Waals surface area (Å²) in [5, 5.41) is 0. The summed E-state index contributed by atoms with van der Waals surface area (Å²) in [5.41, 5.74) is 1.83. The lowest BCUT2D eigenvalue weighted by Gasteiger charge is -2.32. The van der Waals surface area contributed by atoms with Gasteiger partial charge in [0.15, 0.2) is 0 Å². The Labute approximate surface area is 157 Å². The lowest BCUT2D eigenvalue weighted by atomic mass is 10.1. The molecule has 1 amide bonds. The van der Waals surface area contributed by atoms with Crippen molar-refractivity contribution in [2.45, 2.75) is 25.5 Å². The van der Waals surface area contributed by atoms with Gasteiger partial charge in [-0.1, -0.05) is 12.1 Å². The fourth-order valence-electron chi connectivity index (χ4n) is 3.26. The molecule has 2 aromatic heterocycles. The first-order chi connectivity index (χ1) is 13.3. The van der Waals surface area contributed by atoms with Crippen LogP contribution in [0.2, 0.25) is 0 Å². The van der Waals surface area contributed by atoms with E-state index in [2.05, 4.69) is 15.0 Å². The van der Waals surface area contributed by atoms with Crippen LogP contribution >= 0.6 is 0 Å². The fraction of sp³-hybridized carbons (Fsp3) is 0.300. The molecule has 7 heteroatoms. The number of carbonyl (C=O) groups is 1. The number of ether oxygens (including phenoxy) is 1. The lowest BCUT2D eigenvalue weighted by Crippen LogP contribution is -2.44. The maximum Gasteiger partial charge on any atom is 0.253 e. The summed E-state index contributed by atoms with van der Waals surface area (Å²) in [7, 11) is 0. The quantitative estimate of drug-likeness (QED) is 0.696. The van der Waals surface area contributed by atoms with Gasteiger partial charge in [-0.15, -0.1) is 0 Å². The summed E-state index contributed by atoms with van der Waals surface area (Å²) < 4.78 is 7.89. The van der Waals surface area contributed by atoms with Crippen LogP contribution in [0.25, 0.3) is 0 Å². The maximum atomic E-state index is 12.9. The highest BCUT2D eigenvalue weighted by Gasteiger charge is 2.26. The zero-order valence-corrected chi connectivity index (χ0v) is 14.9. The molecule has 3 heterocycles. The Morgan fingerprint density at radius 3 is 2.78 bits per heavy atom. The third-order valence-electron chi connectivity index (χ3n) is 4.63. The van der Waals surface area contributed by atoms with Gasteiger partial charge in [0, 0.05) is 43.3 Å². The molecule has 0 N–H and O–H groups in total. The van der Waals surface area contributed by atoms with E-state index in [9.17, 15) is 4.79 Å². The average Bonchev–Trinajstić information content (AvgIpc) is 3.22. The van der Waals surface area contributed by atoms with E-state index < -0.39 is 0 Å². The highest BCUT2D eigenvalue weighted by atomic mass is 16.5. The molecule has 1 unspecified atom stereocenters. The standard InChI is InChI=1S/C20H21N5O2/c26-20(17-5-3-16(4-6-17)12-24-11-9-22-15-24)25-10-1-2-18(13-25)27-19-7-8-21-14-23-19/h3-9,11,14-15,18H,1-2,10,12-13H2. The number of amides is 1. The van der Waals surface area contributed by atoms with E-state index in [1.807, 2.05) is 39.9 Å². The Morgan fingerprint density at radius 1 is 1.15 bits per heavy atom. The molecular weight excluding hydrogens is 342 g/mol. The predicted molar refractivity (Wildman–Crippen MR) is 99.4 cm³/mol. The molecule has 0 saturated carbocycles. The van der Waals surface area contributed by atoms with Crippen LogP contribution < -0.4 is 4.74 Å². The van der Waals surface area contributed by atoms with Crippen LogP contribution in [0.1, 0.15) is 28.8 Å². The van der Waals surface area contributed by atoms with Crippen molar-refractivity contribution >= 4 is 5.91 Å². The number of hydrogen-bond donors (Lipinski definition) is 0. The monoisotopic (exact) mass is 363 g/mol. The predicted octanol–water partition coefficient (Wildman–Crippen LogP) is 2.41. The Balaban J connectivity index is 1.38. The van der Waals surface area contributed by atoms with E-state index >= 15 is 0 Å². The molecule has 1 saturated heterocycles. The van der Waals surface area contributed by atoms with Crippen molar-refractivity contribution in [3.8, 4) is 5.88 Å². The van der Waals surface area contributed by atoms with E-state index in [1.54, 1.807) is 24.8 Å². The molecule has 0 radical (unpaired) electrons. The topological polar surface area (TPSA) is 73.1 Å². The molecule has 1 aliphatic heterocycles. The number of carbonyl (C=O) groups excluding carboxylic acids is 1. The van der Waals surface area contributed by atoms with E-state index in [4.69, 9.17) is 4.74 Å². The van der Waals surface area contributed by atoms with Crippen LogP contribution in [0.15, 0.2) is 61.6 Å². The second-order valence-electron chi connectivity index (χ2n) is 6.61. The Bertz CT molecular complexity index is 865. The van der Waals surface area contributed by atoms with Gasteiger partial charge in [-0.05, 0) is 30.5 Å². The molecule has 1 aliphatic rings. The van der Waals surface area contributed by atoms with Crippen molar-refractivity contribution < 1.29 is 9.53 Å². The summed E-state index contributed by atoms with van der Waals surface area (Å²) in [4.78, 5) is 26.8. The zero-order valence-electron chi connectivity index (χ0n) is 14.9. The molecule has 1 atom stereocenters. The Kier molecular flexibility index (Phi) is 5.09. The molecular formula is C20H21N5O2. The number of benzene rings is 1. The number of piperidine rings is 1. The highest BCUT2D eigenvalue weighted by molar-refractivity contribution is 5.94. The van der Waals surface area contributed by atoms with Gasteiger partial charge < -0.3 is 14.2 Å². The highest BCUT2D eigenvalue weighted by Crippen LogP contribution is 2.18. The second-order valence-corrected chi connectivity index (χ2v) is 6.61. The summed E-state index contributed by atoms with van der Waals surface area (Å²) >= 11 is 0. The second kappa shape index (κ2) is 7.99. The van der Waals surface area contributed by atoms with Gasteiger partial charge in [0.25, 0.3) is 5.91 Å².